The van der Waals surface area contributed by atoms with Crippen LogP contribution in [0.2, 0.25) is 0 Å². The van der Waals surface area contributed by atoms with Crippen LogP contribution < -0.4 is 0 Å². The fraction of sp³-hybridized carbons (Fsp3) is 0.600. The normalized spacial score (nSPS) is 24.9. The average molecular weight is 287 g/mol. The van der Waals surface area contributed by atoms with Crippen molar-refractivity contribution in [2.75, 3.05) is 0 Å². The number of aromatic hydroxyl groups is 1. The Morgan fingerprint density at radius 1 is 1.20 bits per heavy atom. The van der Waals surface area contributed by atoms with Crippen molar-refractivity contribution in [1.82, 2.24) is 4.90 Å². The van der Waals surface area contributed by atoms with Crippen molar-refractivity contribution in [2.24, 2.45) is 0 Å². The van der Waals surface area contributed by atoms with Crippen LogP contribution in [0.15, 0.2) is 18.2 Å². The number of rotatable bonds is 2. The number of hydrogen-bond acceptors (Lipinski definition) is 2. The molecule has 0 radical (unpaired) electrons. The fourth-order valence-corrected chi connectivity index (χ4v) is 2.91. The Labute approximate surface area is 117 Å². The minimum atomic E-state index is -4.51. The van der Waals surface area contributed by atoms with Gasteiger partial charge in [-0.3, -0.25) is 4.90 Å². The molecule has 1 aliphatic heterocycles. The van der Waals surface area contributed by atoms with Crippen LogP contribution in [0, 0.1) is 0 Å². The number of phenols is 1. The molecule has 1 aromatic carbocycles. The number of nitrogens with zero attached hydrogens (tertiary/aromatic N) is 1. The summed E-state index contributed by atoms with van der Waals surface area (Å²) < 4.78 is 38.4. The SMILES string of the molecule is CC1CCCC(C)N1Cc1ccc(O)c(C(F)(F)F)c1. The second kappa shape index (κ2) is 5.64. The molecule has 0 aromatic heterocycles. The third kappa shape index (κ3) is 3.26. The number of phenolic OH excluding ortho intramolecular Hbond substituents is 1. The summed E-state index contributed by atoms with van der Waals surface area (Å²) in [5.74, 6) is -0.707. The van der Waals surface area contributed by atoms with E-state index in [1.807, 2.05) is 0 Å². The molecular weight excluding hydrogens is 267 g/mol. The summed E-state index contributed by atoms with van der Waals surface area (Å²) in [5.41, 5.74) is -0.358. The van der Waals surface area contributed by atoms with Crippen LogP contribution in [0.5, 0.6) is 5.75 Å². The van der Waals surface area contributed by atoms with Crippen molar-refractivity contribution >= 4 is 0 Å². The maximum Gasteiger partial charge on any atom is 0.419 e. The minimum Gasteiger partial charge on any atom is -0.507 e. The van der Waals surface area contributed by atoms with Gasteiger partial charge in [-0.15, -0.1) is 0 Å². The Bertz CT molecular complexity index is 463. The second-order valence-electron chi connectivity index (χ2n) is 5.65. The molecule has 5 heteroatoms. The first-order valence-corrected chi connectivity index (χ1v) is 6.94. The third-order valence-electron chi connectivity index (χ3n) is 4.11. The molecule has 0 bridgehead atoms. The fourth-order valence-electron chi connectivity index (χ4n) is 2.91. The molecule has 1 saturated heterocycles. The van der Waals surface area contributed by atoms with Crippen LogP contribution in [0.3, 0.4) is 0 Å². The van der Waals surface area contributed by atoms with E-state index in [1.54, 1.807) is 6.07 Å². The van der Waals surface area contributed by atoms with Gasteiger partial charge < -0.3 is 5.11 Å². The predicted molar refractivity (Wildman–Crippen MR) is 71.4 cm³/mol. The molecule has 0 amide bonds. The maximum atomic E-state index is 12.8. The van der Waals surface area contributed by atoms with Gasteiger partial charge in [-0.2, -0.15) is 13.2 Å². The summed E-state index contributed by atoms with van der Waals surface area (Å²) in [6.07, 6.45) is -1.19. The van der Waals surface area contributed by atoms with Gasteiger partial charge in [0.15, 0.2) is 0 Å². The Kier molecular flexibility index (Phi) is 4.28. The van der Waals surface area contributed by atoms with Gasteiger partial charge in [-0.25, -0.2) is 0 Å². The highest BCUT2D eigenvalue weighted by atomic mass is 19.4. The first kappa shape index (κ1) is 15.2. The molecule has 20 heavy (non-hydrogen) atoms. The van der Waals surface area contributed by atoms with E-state index in [2.05, 4.69) is 18.7 Å². The van der Waals surface area contributed by atoms with Gasteiger partial charge in [-0.05, 0) is 44.4 Å². The van der Waals surface area contributed by atoms with E-state index in [1.165, 1.54) is 6.42 Å². The molecule has 1 N–H and O–H groups in total. The summed E-state index contributed by atoms with van der Waals surface area (Å²) in [4.78, 5) is 2.23. The summed E-state index contributed by atoms with van der Waals surface area (Å²) >= 11 is 0. The van der Waals surface area contributed by atoms with Crippen molar-refractivity contribution in [1.29, 1.82) is 0 Å². The molecule has 112 valence electrons. The van der Waals surface area contributed by atoms with Crippen LogP contribution in [0.25, 0.3) is 0 Å². The molecule has 1 heterocycles. The van der Waals surface area contributed by atoms with Gasteiger partial charge in [0, 0.05) is 18.6 Å². The van der Waals surface area contributed by atoms with Gasteiger partial charge in [0.25, 0.3) is 0 Å². The highest BCUT2D eigenvalue weighted by Crippen LogP contribution is 2.36. The Balaban J connectivity index is 2.21. The molecule has 2 nitrogen and oxygen atoms in total. The third-order valence-corrected chi connectivity index (χ3v) is 4.11. The summed E-state index contributed by atoms with van der Waals surface area (Å²) in [7, 11) is 0. The van der Waals surface area contributed by atoms with Crippen LogP contribution in [0.4, 0.5) is 13.2 Å². The lowest BCUT2D eigenvalue weighted by Gasteiger charge is -2.39. The molecule has 1 aromatic rings. The molecule has 2 unspecified atom stereocenters. The number of halogens is 3. The lowest BCUT2D eigenvalue weighted by atomic mass is 9.96. The number of hydrogen-bond donors (Lipinski definition) is 1. The van der Waals surface area contributed by atoms with Crippen LogP contribution >= 0.6 is 0 Å². The zero-order valence-corrected chi connectivity index (χ0v) is 11.7. The molecule has 1 fully saturated rings. The highest BCUT2D eigenvalue weighted by molar-refractivity contribution is 5.38. The summed E-state index contributed by atoms with van der Waals surface area (Å²) in [5, 5.41) is 9.35. The molecular formula is C15H20F3NO. The molecule has 0 saturated carbocycles. The molecule has 0 spiro atoms. The number of likely N-dealkylation sites (tertiary alicyclic amines) is 1. The van der Waals surface area contributed by atoms with Gasteiger partial charge in [0.1, 0.15) is 5.75 Å². The van der Waals surface area contributed by atoms with Crippen molar-refractivity contribution in [3.8, 4) is 5.75 Å². The molecule has 0 aliphatic carbocycles. The van der Waals surface area contributed by atoms with E-state index in [0.29, 0.717) is 24.2 Å². The standard InChI is InChI=1S/C15H20F3NO/c1-10-4-3-5-11(2)19(10)9-12-6-7-14(20)13(8-12)15(16,17)18/h6-8,10-11,20H,3-5,9H2,1-2H3. The van der Waals surface area contributed by atoms with Crippen molar-refractivity contribution in [3.05, 3.63) is 29.3 Å². The second-order valence-corrected chi connectivity index (χ2v) is 5.65. The highest BCUT2D eigenvalue weighted by Gasteiger charge is 2.34. The van der Waals surface area contributed by atoms with E-state index in [-0.39, 0.29) is 0 Å². The van der Waals surface area contributed by atoms with Crippen LogP contribution in [-0.4, -0.2) is 22.1 Å². The predicted octanol–water partition coefficient (Wildman–Crippen LogP) is 4.17. The monoisotopic (exact) mass is 287 g/mol. The summed E-state index contributed by atoms with van der Waals surface area (Å²) in [6, 6.07) is 4.52. The Morgan fingerprint density at radius 2 is 1.80 bits per heavy atom. The first-order valence-electron chi connectivity index (χ1n) is 6.94. The van der Waals surface area contributed by atoms with Crippen molar-refractivity contribution in [2.45, 2.75) is 57.9 Å². The van der Waals surface area contributed by atoms with Gasteiger partial charge in [0.05, 0.1) is 5.56 Å². The average Bonchev–Trinajstić information content (AvgIpc) is 2.34. The lowest BCUT2D eigenvalue weighted by Crippen LogP contribution is -2.42. The van der Waals surface area contributed by atoms with Gasteiger partial charge >= 0.3 is 6.18 Å². The van der Waals surface area contributed by atoms with E-state index >= 15 is 0 Å². The molecule has 2 rings (SSSR count). The largest absolute Gasteiger partial charge is 0.507 e. The smallest absolute Gasteiger partial charge is 0.419 e. The maximum absolute atomic E-state index is 12.8. The van der Waals surface area contributed by atoms with Crippen LogP contribution in [0.1, 0.15) is 44.2 Å². The van der Waals surface area contributed by atoms with E-state index in [9.17, 15) is 18.3 Å². The minimum absolute atomic E-state index is 0.377. The number of alkyl halides is 3. The first-order chi connectivity index (χ1) is 9.29. The summed E-state index contributed by atoms with van der Waals surface area (Å²) in [6.45, 7) is 4.72. The zero-order valence-electron chi connectivity index (χ0n) is 11.7. The Morgan fingerprint density at radius 3 is 2.35 bits per heavy atom. The van der Waals surface area contributed by atoms with E-state index in [4.69, 9.17) is 0 Å². The van der Waals surface area contributed by atoms with E-state index in [0.717, 1.165) is 25.0 Å². The van der Waals surface area contributed by atoms with Gasteiger partial charge in [0.2, 0.25) is 0 Å². The van der Waals surface area contributed by atoms with Crippen molar-refractivity contribution in [3.63, 3.8) is 0 Å². The van der Waals surface area contributed by atoms with Crippen LogP contribution in [-0.2, 0) is 12.7 Å². The molecule has 2 atom stereocenters. The number of benzene rings is 1. The topological polar surface area (TPSA) is 23.5 Å². The Hall–Kier alpha value is -1.23. The van der Waals surface area contributed by atoms with E-state index < -0.39 is 17.5 Å². The molecule has 1 aliphatic rings. The number of piperidine rings is 1. The van der Waals surface area contributed by atoms with Gasteiger partial charge in [-0.1, -0.05) is 12.5 Å². The quantitative estimate of drug-likeness (QED) is 0.882. The van der Waals surface area contributed by atoms with Crippen molar-refractivity contribution < 1.29 is 18.3 Å². The lowest BCUT2D eigenvalue weighted by molar-refractivity contribution is -0.138. The zero-order chi connectivity index (χ0) is 14.9.